The number of amides is 2. The maximum Gasteiger partial charge on any atom is 0.316 e. The van der Waals surface area contributed by atoms with Crippen LogP contribution in [-0.2, 0) is 0 Å². The van der Waals surface area contributed by atoms with Gasteiger partial charge in [-0.15, -0.1) is 0 Å². The standard InChI is InChI=1S/C7H6ClIN2O/c8-4-1-2-6(5(9)3-4)11-7(10)12/h1-3H,(H3,10,11,12). The highest BCUT2D eigenvalue weighted by atomic mass is 127. The molecule has 0 atom stereocenters. The number of halogens is 2. The van der Waals surface area contributed by atoms with Gasteiger partial charge in [0.2, 0.25) is 0 Å². The second kappa shape index (κ2) is 3.95. The monoisotopic (exact) mass is 296 g/mol. The summed E-state index contributed by atoms with van der Waals surface area (Å²) in [7, 11) is 0. The van der Waals surface area contributed by atoms with Crippen LogP contribution in [0.1, 0.15) is 0 Å². The van der Waals surface area contributed by atoms with E-state index in [1.54, 1.807) is 18.2 Å². The Morgan fingerprint density at radius 3 is 2.75 bits per heavy atom. The van der Waals surface area contributed by atoms with Gasteiger partial charge in [-0.25, -0.2) is 4.79 Å². The molecule has 2 amide bonds. The fourth-order valence-electron chi connectivity index (χ4n) is 0.724. The van der Waals surface area contributed by atoms with E-state index in [-0.39, 0.29) is 0 Å². The van der Waals surface area contributed by atoms with E-state index in [4.69, 9.17) is 17.3 Å². The largest absolute Gasteiger partial charge is 0.351 e. The molecule has 3 nitrogen and oxygen atoms in total. The van der Waals surface area contributed by atoms with E-state index >= 15 is 0 Å². The highest BCUT2D eigenvalue weighted by molar-refractivity contribution is 14.1. The number of carbonyl (C=O) groups excluding carboxylic acids is 1. The number of nitrogens with two attached hydrogens (primary N) is 1. The van der Waals surface area contributed by atoms with Gasteiger partial charge in [0.1, 0.15) is 0 Å². The zero-order valence-corrected chi connectivity index (χ0v) is 8.89. The Hall–Kier alpha value is -0.490. The molecule has 0 aliphatic heterocycles. The number of hydrogen-bond donors (Lipinski definition) is 2. The summed E-state index contributed by atoms with van der Waals surface area (Å²) < 4.78 is 0.860. The Morgan fingerprint density at radius 2 is 2.25 bits per heavy atom. The molecule has 0 aliphatic carbocycles. The maximum atomic E-state index is 10.5. The van der Waals surface area contributed by atoms with Crippen LogP contribution in [0.15, 0.2) is 18.2 Å². The number of anilines is 1. The summed E-state index contributed by atoms with van der Waals surface area (Å²) in [5, 5.41) is 3.11. The van der Waals surface area contributed by atoms with Crippen molar-refractivity contribution < 1.29 is 4.79 Å². The van der Waals surface area contributed by atoms with Crippen molar-refractivity contribution in [2.75, 3.05) is 5.32 Å². The third kappa shape index (κ3) is 2.53. The average Bonchev–Trinajstić information content (AvgIpc) is 1.94. The van der Waals surface area contributed by atoms with Gasteiger partial charge in [0.15, 0.2) is 0 Å². The van der Waals surface area contributed by atoms with Gasteiger partial charge >= 0.3 is 6.03 Å². The Kier molecular flexibility index (Phi) is 3.16. The molecule has 0 saturated heterocycles. The molecule has 0 heterocycles. The summed E-state index contributed by atoms with van der Waals surface area (Å²) in [5.74, 6) is 0. The first kappa shape index (κ1) is 9.60. The fraction of sp³-hybridized carbons (Fsp3) is 0. The molecule has 1 aromatic rings. The number of benzene rings is 1. The van der Waals surface area contributed by atoms with Gasteiger partial charge in [0.05, 0.1) is 5.69 Å². The number of nitrogens with one attached hydrogen (secondary N) is 1. The molecule has 1 rings (SSSR count). The molecule has 0 saturated carbocycles. The van der Waals surface area contributed by atoms with E-state index in [1.165, 1.54) is 0 Å². The molecule has 0 bridgehead atoms. The van der Waals surface area contributed by atoms with Gasteiger partial charge in [0, 0.05) is 8.59 Å². The molecule has 0 aromatic heterocycles. The first-order valence-electron chi connectivity index (χ1n) is 3.11. The highest BCUT2D eigenvalue weighted by Gasteiger charge is 2.01. The van der Waals surface area contributed by atoms with Gasteiger partial charge < -0.3 is 11.1 Å². The van der Waals surface area contributed by atoms with E-state index in [0.717, 1.165) is 3.57 Å². The molecule has 0 unspecified atom stereocenters. The number of urea groups is 1. The Balaban J connectivity index is 2.93. The number of carbonyl (C=O) groups is 1. The van der Waals surface area contributed by atoms with Crippen molar-refractivity contribution >= 4 is 45.9 Å². The molecule has 12 heavy (non-hydrogen) atoms. The summed E-state index contributed by atoms with van der Waals surface area (Å²) in [6.07, 6.45) is 0. The highest BCUT2D eigenvalue weighted by Crippen LogP contribution is 2.21. The minimum absolute atomic E-state index is 0.574. The minimum atomic E-state index is -0.574. The normalized spacial score (nSPS) is 9.50. The van der Waals surface area contributed by atoms with Crippen molar-refractivity contribution in [2.24, 2.45) is 5.73 Å². The van der Waals surface area contributed by atoms with E-state index in [0.29, 0.717) is 10.7 Å². The van der Waals surface area contributed by atoms with Crippen LogP contribution in [0.4, 0.5) is 10.5 Å². The van der Waals surface area contributed by atoms with Crippen LogP contribution in [0.25, 0.3) is 0 Å². The van der Waals surface area contributed by atoms with Crippen molar-refractivity contribution in [3.05, 3.63) is 26.8 Å². The smallest absolute Gasteiger partial charge is 0.316 e. The molecule has 3 N–H and O–H groups in total. The fourth-order valence-corrected chi connectivity index (χ4v) is 1.73. The second-order valence-electron chi connectivity index (χ2n) is 2.11. The van der Waals surface area contributed by atoms with Crippen LogP contribution < -0.4 is 11.1 Å². The summed E-state index contributed by atoms with van der Waals surface area (Å²) in [6, 6.07) is 4.56. The van der Waals surface area contributed by atoms with Gasteiger partial charge in [-0.1, -0.05) is 11.6 Å². The van der Waals surface area contributed by atoms with E-state index < -0.39 is 6.03 Å². The lowest BCUT2D eigenvalue weighted by molar-refractivity contribution is 0.259. The lowest BCUT2D eigenvalue weighted by Gasteiger charge is -2.03. The quantitative estimate of drug-likeness (QED) is 0.768. The molecule has 0 radical (unpaired) electrons. The summed E-state index contributed by atoms with van der Waals surface area (Å²) in [6.45, 7) is 0. The Labute approximate surface area is 88.4 Å². The van der Waals surface area contributed by atoms with Crippen molar-refractivity contribution in [1.82, 2.24) is 0 Å². The predicted octanol–water partition coefficient (Wildman–Crippen LogP) is 2.44. The molecular formula is C7H6ClIN2O. The van der Waals surface area contributed by atoms with Crippen molar-refractivity contribution in [3.63, 3.8) is 0 Å². The van der Waals surface area contributed by atoms with Crippen molar-refractivity contribution in [3.8, 4) is 0 Å². The lowest BCUT2D eigenvalue weighted by atomic mass is 10.3. The van der Waals surface area contributed by atoms with Crippen molar-refractivity contribution in [2.45, 2.75) is 0 Å². The molecule has 0 spiro atoms. The van der Waals surface area contributed by atoms with Crippen LogP contribution in [-0.4, -0.2) is 6.03 Å². The molecule has 1 aromatic carbocycles. The van der Waals surface area contributed by atoms with Gasteiger partial charge in [0.25, 0.3) is 0 Å². The first-order chi connectivity index (χ1) is 5.59. The van der Waals surface area contributed by atoms with Crippen LogP contribution in [0.3, 0.4) is 0 Å². The van der Waals surface area contributed by atoms with Crippen LogP contribution >= 0.6 is 34.2 Å². The van der Waals surface area contributed by atoms with Crippen LogP contribution in [0.5, 0.6) is 0 Å². The zero-order valence-electron chi connectivity index (χ0n) is 5.97. The topological polar surface area (TPSA) is 55.1 Å². The predicted molar refractivity (Wildman–Crippen MR) is 57.4 cm³/mol. The minimum Gasteiger partial charge on any atom is -0.351 e. The third-order valence-corrected chi connectivity index (χ3v) is 2.32. The number of hydrogen-bond acceptors (Lipinski definition) is 1. The Morgan fingerprint density at radius 1 is 1.58 bits per heavy atom. The Bertz CT molecular complexity index is 316. The van der Waals surface area contributed by atoms with Crippen LogP contribution in [0, 0.1) is 3.57 Å². The third-order valence-electron chi connectivity index (χ3n) is 1.19. The molecule has 64 valence electrons. The molecular weight excluding hydrogens is 290 g/mol. The van der Waals surface area contributed by atoms with E-state index in [2.05, 4.69) is 27.9 Å². The van der Waals surface area contributed by atoms with Gasteiger partial charge in [-0.05, 0) is 40.8 Å². The number of primary amides is 1. The van der Waals surface area contributed by atoms with E-state index in [9.17, 15) is 4.79 Å². The van der Waals surface area contributed by atoms with E-state index in [1.807, 2.05) is 0 Å². The maximum absolute atomic E-state index is 10.5. The first-order valence-corrected chi connectivity index (χ1v) is 4.57. The summed E-state index contributed by atoms with van der Waals surface area (Å²) in [5.41, 5.74) is 5.62. The van der Waals surface area contributed by atoms with Crippen LogP contribution in [0.2, 0.25) is 5.02 Å². The lowest BCUT2D eigenvalue weighted by Crippen LogP contribution is -2.19. The summed E-state index contributed by atoms with van der Waals surface area (Å²) >= 11 is 7.77. The van der Waals surface area contributed by atoms with Gasteiger partial charge in [-0.2, -0.15) is 0 Å². The number of rotatable bonds is 1. The summed E-state index contributed by atoms with van der Waals surface area (Å²) in [4.78, 5) is 10.5. The zero-order chi connectivity index (χ0) is 9.14. The molecule has 0 aliphatic rings. The SMILES string of the molecule is NC(=O)Nc1ccc(Cl)cc1I. The second-order valence-corrected chi connectivity index (χ2v) is 3.71. The molecule has 0 fully saturated rings. The van der Waals surface area contributed by atoms with Crippen molar-refractivity contribution in [1.29, 1.82) is 0 Å². The average molecular weight is 296 g/mol. The van der Waals surface area contributed by atoms with Gasteiger partial charge in [-0.3, -0.25) is 0 Å². The molecule has 5 heteroatoms.